The molecule has 2 rings (SSSR count). The van der Waals surface area contributed by atoms with Crippen molar-refractivity contribution in [3.8, 4) is 0 Å². The topological polar surface area (TPSA) is 29.3 Å². The van der Waals surface area contributed by atoms with Crippen LogP contribution in [0.3, 0.4) is 0 Å². The lowest BCUT2D eigenvalue weighted by molar-refractivity contribution is 0.618. The molecule has 0 spiro atoms. The van der Waals surface area contributed by atoms with Crippen LogP contribution in [0, 0.1) is 6.92 Å². The third kappa shape index (κ3) is 3.54. The van der Waals surface area contributed by atoms with Gasteiger partial charge >= 0.3 is 0 Å². The molecule has 1 aliphatic rings. The molecule has 1 saturated carbocycles. The van der Waals surface area contributed by atoms with Gasteiger partial charge in [0.15, 0.2) is 0 Å². The van der Waals surface area contributed by atoms with E-state index >= 15 is 0 Å². The maximum Gasteiger partial charge on any atom is 0.0371 e. The van der Waals surface area contributed by atoms with Crippen molar-refractivity contribution in [2.45, 2.75) is 71.4 Å². The highest BCUT2D eigenvalue weighted by Crippen LogP contribution is 2.29. The van der Waals surface area contributed by atoms with Crippen LogP contribution in [0.4, 0.5) is 5.69 Å². The fourth-order valence-corrected chi connectivity index (χ4v) is 3.38. The number of anilines is 1. The summed E-state index contributed by atoms with van der Waals surface area (Å²) in [7, 11) is 0. The minimum absolute atomic E-state index is 0.289. The Morgan fingerprint density at radius 1 is 1.25 bits per heavy atom. The average Bonchev–Trinajstić information content (AvgIpc) is 2.96. The molecule has 1 unspecified atom stereocenters. The third-order valence-electron chi connectivity index (χ3n) is 4.77. The molecule has 1 aromatic carbocycles. The van der Waals surface area contributed by atoms with Crippen LogP contribution in [0.15, 0.2) is 18.2 Å². The highest BCUT2D eigenvalue weighted by molar-refractivity contribution is 5.52. The van der Waals surface area contributed by atoms with Gasteiger partial charge in [-0.2, -0.15) is 0 Å². The van der Waals surface area contributed by atoms with Gasteiger partial charge in [-0.05, 0) is 62.8 Å². The average molecular weight is 274 g/mol. The van der Waals surface area contributed by atoms with E-state index in [0.717, 1.165) is 25.4 Å². The predicted molar refractivity (Wildman–Crippen MR) is 88.4 cm³/mol. The zero-order valence-corrected chi connectivity index (χ0v) is 13.4. The smallest absolute Gasteiger partial charge is 0.0371 e. The van der Waals surface area contributed by atoms with Crippen molar-refractivity contribution < 1.29 is 0 Å². The van der Waals surface area contributed by atoms with Gasteiger partial charge in [0.1, 0.15) is 0 Å². The fraction of sp³-hybridized carbons (Fsp3) is 0.667. The summed E-state index contributed by atoms with van der Waals surface area (Å²) in [6, 6.07) is 7.99. The van der Waals surface area contributed by atoms with Gasteiger partial charge in [0.25, 0.3) is 0 Å². The van der Waals surface area contributed by atoms with Crippen LogP contribution in [0.1, 0.15) is 57.1 Å². The van der Waals surface area contributed by atoms with Gasteiger partial charge in [-0.3, -0.25) is 0 Å². The maximum atomic E-state index is 6.09. The van der Waals surface area contributed by atoms with Gasteiger partial charge in [-0.25, -0.2) is 0 Å². The van der Waals surface area contributed by atoms with Crippen molar-refractivity contribution in [2.75, 3.05) is 11.4 Å². The Labute approximate surface area is 124 Å². The Hall–Kier alpha value is -1.02. The molecule has 2 nitrogen and oxygen atoms in total. The predicted octanol–water partition coefficient (Wildman–Crippen LogP) is 4.04. The van der Waals surface area contributed by atoms with E-state index in [0.29, 0.717) is 0 Å². The molecule has 0 bridgehead atoms. The summed E-state index contributed by atoms with van der Waals surface area (Å²) in [4.78, 5) is 2.59. The zero-order valence-electron chi connectivity index (χ0n) is 13.4. The normalized spacial score (nSPS) is 17.4. The Morgan fingerprint density at radius 3 is 2.50 bits per heavy atom. The summed E-state index contributed by atoms with van der Waals surface area (Å²) in [6.45, 7) is 7.77. The van der Waals surface area contributed by atoms with Gasteiger partial charge in [-0.1, -0.05) is 25.8 Å². The number of rotatable bonds is 6. The van der Waals surface area contributed by atoms with Gasteiger partial charge in [-0.15, -0.1) is 0 Å². The first kappa shape index (κ1) is 15.4. The number of benzene rings is 1. The Bertz CT molecular complexity index is 421. The summed E-state index contributed by atoms with van der Waals surface area (Å²) in [5.41, 5.74) is 10.3. The standard InChI is InChI=1S/C18H30N2/c1-4-16(19)13-15-10-11-18(12-14(15)3)20(5-2)17-8-6-7-9-17/h10-12,16-17H,4-9,13,19H2,1-3H3. The molecule has 0 radical (unpaired) electrons. The van der Waals surface area contributed by atoms with Gasteiger partial charge in [0, 0.05) is 24.3 Å². The molecule has 2 N–H and O–H groups in total. The van der Waals surface area contributed by atoms with Crippen molar-refractivity contribution in [1.29, 1.82) is 0 Å². The largest absolute Gasteiger partial charge is 0.369 e. The lowest BCUT2D eigenvalue weighted by Gasteiger charge is -2.30. The SMILES string of the molecule is CCC(N)Cc1ccc(N(CC)C2CCCC2)cc1C. The van der Waals surface area contributed by atoms with Crippen molar-refractivity contribution >= 4 is 5.69 Å². The molecule has 0 amide bonds. The van der Waals surface area contributed by atoms with E-state index in [1.165, 1.54) is 42.5 Å². The molecule has 1 aliphatic carbocycles. The van der Waals surface area contributed by atoms with E-state index in [1.54, 1.807) is 0 Å². The molecule has 1 fully saturated rings. The van der Waals surface area contributed by atoms with Crippen molar-refractivity contribution in [3.63, 3.8) is 0 Å². The van der Waals surface area contributed by atoms with E-state index in [2.05, 4.69) is 43.9 Å². The van der Waals surface area contributed by atoms with Gasteiger partial charge in [0.05, 0.1) is 0 Å². The molecule has 112 valence electrons. The van der Waals surface area contributed by atoms with Crippen LogP contribution < -0.4 is 10.6 Å². The zero-order chi connectivity index (χ0) is 14.5. The molecular formula is C18H30N2. The summed E-state index contributed by atoms with van der Waals surface area (Å²) in [6.07, 6.45) is 7.54. The molecule has 0 aromatic heterocycles. The van der Waals surface area contributed by atoms with E-state index < -0.39 is 0 Å². The minimum Gasteiger partial charge on any atom is -0.369 e. The fourth-order valence-electron chi connectivity index (χ4n) is 3.38. The second kappa shape index (κ2) is 7.12. The lowest BCUT2D eigenvalue weighted by Crippen LogP contribution is -2.33. The molecule has 2 heteroatoms. The second-order valence-corrected chi connectivity index (χ2v) is 6.21. The monoisotopic (exact) mass is 274 g/mol. The van der Waals surface area contributed by atoms with Gasteiger partial charge < -0.3 is 10.6 Å². The lowest BCUT2D eigenvalue weighted by atomic mass is 9.99. The number of hydrogen-bond donors (Lipinski definition) is 1. The first-order valence-electron chi connectivity index (χ1n) is 8.27. The van der Waals surface area contributed by atoms with Crippen LogP contribution in [0.25, 0.3) is 0 Å². The first-order valence-corrected chi connectivity index (χ1v) is 8.27. The molecular weight excluding hydrogens is 244 g/mol. The molecule has 0 heterocycles. The summed E-state index contributed by atoms with van der Waals surface area (Å²) in [5.74, 6) is 0. The minimum atomic E-state index is 0.289. The quantitative estimate of drug-likeness (QED) is 0.848. The van der Waals surface area contributed by atoms with Gasteiger partial charge in [0.2, 0.25) is 0 Å². The molecule has 1 aromatic rings. The first-order chi connectivity index (χ1) is 9.65. The summed E-state index contributed by atoms with van der Waals surface area (Å²) in [5, 5.41) is 0. The van der Waals surface area contributed by atoms with Crippen molar-refractivity contribution in [1.82, 2.24) is 0 Å². The maximum absolute atomic E-state index is 6.09. The molecule has 1 atom stereocenters. The third-order valence-corrected chi connectivity index (χ3v) is 4.77. The van der Waals surface area contributed by atoms with Crippen LogP contribution in [0.5, 0.6) is 0 Å². The number of aryl methyl sites for hydroxylation is 1. The van der Waals surface area contributed by atoms with E-state index in [9.17, 15) is 0 Å². The number of nitrogens with two attached hydrogens (primary N) is 1. The van der Waals surface area contributed by atoms with E-state index in [1.807, 2.05) is 0 Å². The Kier molecular flexibility index (Phi) is 5.47. The van der Waals surface area contributed by atoms with Crippen LogP contribution >= 0.6 is 0 Å². The van der Waals surface area contributed by atoms with Crippen LogP contribution in [-0.2, 0) is 6.42 Å². The molecule has 20 heavy (non-hydrogen) atoms. The molecule has 0 aliphatic heterocycles. The number of nitrogens with zero attached hydrogens (tertiary/aromatic N) is 1. The van der Waals surface area contributed by atoms with E-state index in [-0.39, 0.29) is 6.04 Å². The highest BCUT2D eigenvalue weighted by Gasteiger charge is 2.21. The van der Waals surface area contributed by atoms with E-state index in [4.69, 9.17) is 5.73 Å². The van der Waals surface area contributed by atoms with Crippen LogP contribution in [0.2, 0.25) is 0 Å². The summed E-state index contributed by atoms with van der Waals surface area (Å²) < 4.78 is 0. The highest BCUT2D eigenvalue weighted by atomic mass is 15.2. The Balaban J connectivity index is 2.14. The van der Waals surface area contributed by atoms with Crippen LogP contribution in [-0.4, -0.2) is 18.6 Å². The summed E-state index contributed by atoms with van der Waals surface area (Å²) >= 11 is 0. The number of hydrogen-bond acceptors (Lipinski definition) is 2. The van der Waals surface area contributed by atoms with Crippen molar-refractivity contribution in [3.05, 3.63) is 29.3 Å². The Morgan fingerprint density at radius 2 is 1.95 bits per heavy atom. The molecule has 0 saturated heterocycles. The second-order valence-electron chi connectivity index (χ2n) is 6.21. The van der Waals surface area contributed by atoms with Crippen molar-refractivity contribution in [2.24, 2.45) is 5.73 Å².